The molecule has 3 aromatic carbocycles. The first-order valence-corrected chi connectivity index (χ1v) is 13.8. The van der Waals surface area contributed by atoms with Crippen LogP contribution in [0, 0.1) is 0 Å². The topological polar surface area (TPSA) is 88.2 Å². The van der Waals surface area contributed by atoms with E-state index in [4.69, 9.17) is 21.1 Å². The zero-order chi connectivity index (χ0) is 26.4. The third kappa shape index (κ3) is 6.29. The van der Waals surface area contributed by atoms with E-state index in [9.17, 15) is 13.2 Å². The van der Waals surface area contributed by atoms with Gasteiger partial charge in [0.1, 0.15) is 6.54 Å². The molecular weight excluding hydrogens is 514 g/mol. The second kappa shape index (κ2) is 11.7. The van der Waals surface area contributed by atoms with Crippen LogP contribution in [0.3, 0.4) is 0 Å². The summed E-state index contributed by atoms with van der Waals surface area (Å²) in [5, 5.41) is 3.26. The van der Waals surface area contributed by atoms with Gasteiger partial charge in [-0.2, -0.15) is 0 Å². The van der Waals surface area contributed by atoms with Crippen LogP contribution in [-0.4, -0.2) is 48.2 Å². The first-order chi connectivity index (χ1) is 17.8. The van der Waals surface area contributed by atoms with Crippen LogP contribution in [0.1, 0.15) is 19.3 Å². The molecular formula is C27H30ClN3O5S. The molecule has 3 aromatic rings. The molecule has 1 aliphatic heterocycles. The van der Waals surface area contributed by atoms with Gasteiger partial charge in [0.15, 0.2) is 11.5 Å². The Balaban J connectivity index is 1.57. The monoisotopic (exact) mass is 543 g/mol. The number of hydrogen-bond donors (Lipinski definition) is 1. The van der Waals surface area contributed by atoms with Crippen LogP contribution in [0.15, 0.2) is 71.6 Å². The Morgan fingerprint density at radius 2 is 1.57 bits per heavy atom. The molecule has 0 bridgehead atoms. The Bertz CT molecular complexity index is 1330. The molecule has 0 saturated carbocycles. The number of nitrogens with one attached hydrogen (secondary N) is 1. The van der Waals surface area contributed by atoms with Crippen molar-refractivity contribution in [2.75, 3.05) is 48.4 Å². The minimum absolute atomic E-state index is 0.0428. The van der Waals surface area contributed by atoms with Crippen molar-refractivity contribution in [1.82, 2.24) is 0 Å². The second-order valence-corrected chi connectivity index (χ2v) is 10.9. The van der Waals surface area contributed by atoms with Crippen LogP contribution in [0.5, 0.6) is 11.5 Å². The van der Waals surface area contributed by atoms with Gasteiger partial charge in [0, 0.05) is 35.6 Å². The molecule has 1 aliphatic rings. The lowest BCUT2D eigenvalue weighted by atomic mass is 10.1. The number of rotatable bonds is 9. The Kier molecular flexibility index (Phi) is 8.45. The smallest absolute Gasteiger partial charge is 0.264 e. The van der Waals surface area contributed by atoms with Gasteiger partial charge in [-0.05, 0) is 79.9 Å². The molecule has 4 rings (SSSR count). The molecule has 0 aromatic heterocycles. The van der Waals surface area contributed by atoms with Gasteiger partial charge in [-0.25, -0.2) is 8.42 Å². The number of methoxy groups -OCH3 is 2. The Hall–Kier alpha value is -3.43. The van der Waals surface area contributed by atoms with Crippen molar-refractivity contribution < 1.29 is 22.7 Å². The van der Waals surface area contributed by atoms with E-state index < -0.39 is 22.5 Å². The fraction of sp³-hybridized carbons (Fsp3) is 0.296. The fourth-order valence-electron chi connectivity index (χ4n) is 4.27. The number of anilines is 3. The number of hydrogen-bond acceptors (Lipinski definition) is 6. The number of sulfonamides is 1. The van der Waals surface area contributed by atoms with Crippen LogP contribution in [0.4, 0.5) is 17.1 Å². The number of carbonyl (C=O) groups is 1. The van der Waals surface area contributed by atoms with Gasteiger partial charge in [0.2, 0.25) is 5.91 Å². The van der Waals surface area contributed by atoms with Crippen molar-refractivity contribution in [1.29, 1.82) is 0 Å². The maximum absolute atomic E-state index is 13.7. The molecule has 0 spiro atoms. The molecule has 1 N–H and O–H groups in total. The van der Waals surface area contributed by atoms with Crippen LogP contribution in [-0.2, 0) is 14.8 Å². The van der Waals surface area contributed by atoms with Crippen molar-refractivity contribution in [2.24, 2.45) is 0 Å². The molecule has 1 fully saturated rings. The number of nitrogens with zero attached hydrogens (tertiary/aromatic N) is 2. The summed E-state index contributed by atoms with van der Waals surface area (Å²) >= 11 is 6.02. The highest BCUT2D eigenvalue weighted by Gasteiger charge is 2.28. The molecule has 0 atom stereocenters. The maximum atomic E-state index is 13.7. The minimum Gasteiger partial charge on any atom is -0.493 e. The van der Waals surface area contributed by atoms with Crippen molar-refractivity contribution in [2.45, 2.75) is 24.2 Å². The highest BCUT2D eigenvalue weighted by Crippen LogP contribution is 2.32. The first kappa shape index (κ1) is 26.6. The number of benzene rings is 3. The van der Waals surface area contributed by atoms with Crippen LogP contribution in [0.2, 0.25) is 5.02 Å². The van der Waals surface area contributed by atoms with Crippen LogP contribution < -0.4 is 24.0 Å². The Morgan fingerprint density at radius 1 is 0.919 bits per heavy atom. The quantitative estimate of drug-likeness (QED) is 0.400. The summed E-state index contributed by atoms with van der Waals surface area (Å²) in [6, 6.07) is 18.2. The van der Waals surface area contributed by atoms with Gasteiger partial charge in [-0.3, -0.25) is 9.10 Å². The molecule has 8 nitrogen and oxygen atoms in total. The standard InChI is InChI=1S/C27H30ClN3O5S/c1-35-25-15-14-24(18-26(25)36-2)37(33,34)31(23-10-6-20(28)7-11-23)19-27(32)29-21-8-12-22(13-9-21)30-16-4-3-5-17-30/h6-15,18H,3-5,16-17,19H2,1-2H3,(H,29,32). The van der Waals surface area contributed by atoms with Gasteiger partial charge in [0.25, 0.3) is 10.0 Å². The molecule has 0 radical (unpaired) electrons. The summed E-state index contributed by atoms with van der Waals surface area (Å²) in [6.07, 6.45) is 3.60. The molecule has 1 amide bonds. The second-order valence-electron chi connectivity index (χ2n) is 8.65. The molecule has 0 aliphatic carbocycles. The molecule has 196 valence electrons. The summed E-state index contributed by atoms with van der Waals surface area (Å²) < 4.78 is 39.0. The zero-order valence-corrected chi connectivity index (χ0v) is 22.4. The van der Waals surface area contributed by atoms with Crippen molar-refractivity contribution in [3.05, 3.63) is 71.8 Å². The lowest BCUT2D eigenvalue weighted by molar-refractivity contribution is -0.114. The Morgan fingerprint density at radius 3 is 2.19 bits per heavy atom. The predicted molar refractivity (Wildman–Crippen MR) is 147 cm³/mol. The van der Waals surface area contributed by atoms with E-state index in [-0.39, 0.29) is 10.6 Å². The molecule has 1 heterocycles. The maximum Gasteiger partial charge on any atom is 0.264 e. The normalized spacial score (nSPS) is 13.6. The van der Waals surface area contributed by atoms with E-state index in [1.54, 1.807) is 24.3 Å². The van der Waals surface area contributed by atoms with Gasteiger partial charge in [-0.15, -0.1) is 0 Å². The van der Waals surface area contributed by atoms with E-state index in [0.29, 0.717) is 22.1 Å². The largest absolute Gasteiger partial charge is 0.493 e. The molecule has 10 heteroatoms. The van der Waals surface area contributed by atoms with Crippen molar-refractivity contribution in [3.63, 3.8) is 0 Å². The highest BCUT2D eigenvalue weighted by atomic mass is 35.5. The lowest BCUT2D eigenvalue weighted by Crippen LogP contribution is -2.38. The number of amides is 1. The molecule has 0 unspecified atom stereocenters. The van der Waals surface area contributed by atoms with Crippen LogP contribution in [0.25, 0.3) is 0 Å². The van der Waals surface area contributed by atoms with Gasteiger partial charge in [0.05, 0.1) is 24.8 Å². The fourth-order valence-corrected chi connectivity index (χ4v) is 5.83. The highest BCUT2D eigenvalue weighted by molar-refractivity contribution is 7.92. The summed E-state index contributed by atoms with van der Waals surface area (Å²) in [5.41, 5.74) is 2.00. The average molecular weight is 544 g/mol. The zero-order valence-electron chi connectivity index (χ0n) is 20.8. The lowest BCUT2D eigenvalue weighted by Gasteiger charge is -2.29. The summed E-state index contributed by atoms with van der Waals surface area (Å²) in [4.78, 5) is 15.3. The number of ether oxygens (including phenoxy) is 2. The first-order valence-electron chi connectivity index (χ1n) is 12.0. The number of carbonyl (C=O) groups excluding carboxylic acids is 1. The van der Waals surface area contributed by atoms with Gasteiger partial charge >= 0.3 is 0 Å². The van der Waals surface area contributed by atoms with E-state index in [2.05, 4.69) is 10.2 Å². The number of piperidine rings is 1. The minimum atomic E-state index is -4.15. The van der Waals surface area contributed by atoms with E-state index >= 15 is 0 Å². The summed E-state index contributed by atoms with van der Waals surface area (Å²) in [7, 11) is -1.25. The third-order valence-electron chi connectivity index (χ3n) is 6.22. The van der Waals surface area contributed by atoms with E-state index in [0.717, 1.165) is 23.1 Å². The third-order valence-corrected chi connectivity index (χ3v) is 8.24. The van der Waals surface area contributed by atoms with Crippen molar-refractivity contribution >= 4 is 44.6 Å². The number of halogens is 1. The summed E-state index contributed by atoms with van der Waals surface area (Å²) in [5.74, 6) is 0.174. The van der Waals surface area contributed by atoms with Crippen molar-refractivity contribution in [3.8, 4) is 11.5 Å². The van der Waals surface area contributed by atoms with E-state index in [1.165, 1.54) is 51.7 Å². The summed E-state index contributed by atoms with van der Waals surface area (Å²) in [6.45, 7) is 1.61. The predicted octanol–water partition coefficient (Wildman–Crippen LogP) is 5.18. The van der Waals surface area contributed by atoms with Crippen LogP contribution >= 0.6 is 11.6 Å². The molecule has 1 saturated heterocycles. The van der Waals surface area contributed by atoms with E-state index in [1.807, 2.05) is 24.3 Å². The van der Waals surface area contributed by atoms with Gasteiger partial charge in [-0.1, -0.05) is 11.6 Å². The SMILES string of the molecule is COc1ccc(S(=O)(=O)N(CC(=O)Nc2ccc(N3CCCCC3)cc2)c2ccc(Cl)cc2)cc1OC. The average Bonchev–Trinajstić information content (AvgIpc) is 2.92. The van der Waals surface area contributed by atoms with Gasteiger partial charge < -0.3 is 19.7 Å². The Labute approximate surface area is 222 Å². The molecule has 37 heavy (non-hydrogen) atoms.